The van der Waals surface area contributed by atoms with Crippen molar-refractivity contribution in [3.8, 4) is 11.3 Å². The molecule has 0 amide bonds. The molecule has 7 rings (SSSR count). The lowest BCUT2D eigenvalue weighted by atomic mass is 9.68. The van der Waals surface area contributed by atoms with E-state index in [2.05, 4.69) is 10.1 Å². The van der Waals surface area contributed by atoms with Gasteiger partial charge in [0.2, 0.25) is 0 Å². The van der Waals surface area contributed by atoms with Crippen molar-refractivity contribution in [1.82, 2.24) is 10.1 Å². The summed E-state index contributed by atoms with van der Waals surface area (Å²) in [4.78, 5) is 15.8. The maximum atomic E-state index is 15.0. The summed E-state index contributed by atoms with van der Waals surface area (Å²) in [5.41, 5.74) is -2.40. The van der Waals surface area contributed by atoms with Gasteiger partial charge in [-0.1, -0.05) is 34.4 Å². The van der Waals surface area contributed by atoms with Crippen molar-refractivity contribution in [2.75, 3.05) is 0 Å². The predicted molar refractivity (Wildman–Crippen MR) is 153 cm³/mol. The van der Waals surface area contributed by atoms with Gasteiger partial charge in [-0.05, 0) is 74.6 Å². The number of alkyl halides is 2. The van der Waals surface area contributed by atoms with Gasteiger partial charge in [-0.3, -0.25) is 0 Å². The second-order valence-corrected chi connectivity index (χ2v) is 13.6. The van der Waals surface area contributed by atoms with Crippen molar-refractivity contribution in [3.05, 3.63) is 68.1 Å². The highest BCUT2D eigenvalue weighted by molar-refractivity contribution is 7.18. The fraction of sp³-hybridized carbons (Fsp3) is 0.433. The number of fused-ring (bicyclic) bond motifs is 3. The smallest absolute Gasteiger partial charge is 0.335 e. The highest BCUT2D eigenvalue weighted by Crippen LogP contribution is 2.61. The first-order valence-corrected chi connectivity index (χ1v) is 15.5. The number of hydrogen-bond donors (Lipinski definition) is 2. The Morgan fingerprint density at radius 1 is 1.14 bits per heavy atom. The van der Waals surface area contributed by atoms with E-state index in [1.165, 1.54) is 6.07 Å². The molecule has 4 aromatic rings. The number of carboxylic acids is 1. The second kappa shape index (κ2) is 10.4. The van der Waals surface area contributed by atoms with Crippen molar-refractivity contribution in [2.24, 2.45) is 11.8 Å². The summed E-state index contributed by atoms with van der Waals surface area (Å²) in [7, 11) is 0. The first kappa shape index (κ1) is 29.0. The molecule has 3 aliphatic rings. The Morgan fingerprint density at radius 3 is 2.42 bits per heavy atom. The maximum absolute atomic E-state index is 15.0. The van der Waals surface area contributed by atoms with Gasteiger partial charge >= 0.3 is 5.97 Å². The van der Waals surface area contributed by atoms with E-state index in [9.17, 15) is 28.2 Å². The van der Waals surface area contributed by atoms with Gasteiger partial charge < -0.3 is 19.5 Å². The van der Waals surface area contributed by atoms with Gasteiger partial charge in [-0.15, -0.1) is 11.3 Å². The fourth-order valence-corrected chi connectivity index (χ4v) is 8.71. The fourth-order valence-electron chi connectivity index (χ4n) is 6.86. The molecule has 0 saturated heterocycles. The summed E-state index contributed by atoms with van der Waals surface area (Å²) < 4.78 is 56.8. The molecule has 1 unspecified atom stereocenters. The standard InChI is InChI=1S/C30H25Cl2F3N2O5S/c31-18-2-1-3-19(32)22(18)23-17(25(42-37-23)13-4-5-13)12-41-29(27(34)35)10-15-6-7-16(11-29)30(15,40)28-36-24-20(33)8-14(26(38)39)9-21(24)43-28/h1-3,8-9,13,15-16,27,40H,4-7,10-12H2,(H,38,39)/t15-,16+,29?,30+. The number of ether oxygens (including phenoxy) is 1. The third-order valence-electron chi connectivity index (χ3n) is 9.20. The van der Waals surface area contributed by atoms with Gasteiger partial charge in [0.05, 0.1) is 26.9 Å². The third-order valence-corrected chi connectivity index (χ3v) is 11.0. The van der Waals surface area contributed by atoms with Crippen molar-refractivity contribution in [1.29, 1.82) is 0 Å². The van der Waals surface area contributed by atoms with E-state index in [-0.39, 0.29) is 46.2 Å². The van der Waals surface area contributed by atoms with Crippen LogP contribution in [0.15, 0.2) is 34.9 Å². The molecule has 2 N–H and O–H groups in total. The number of halogens is 5. The Morgan fingerprint density at radius 2 is 1.81 bits per heavy atom. The van der Waals surface area contributed by atoms with Crippen molar-refractivity contribution in [2.45, 2.75) is 68.7 Å². The molecule has 13 heteroatoms. The third kappa shape index (κ3) is 4.66. The largest absolute Gasteiger partial charge is 0.478 e. The summed E-state index contributed by atoms with van der Waals surface area (Å²) in [5.74, 6) is -2.69. The summed E-state index contributed by atoms with van der Waals surface area (Å²) in [6, 6.07) is 7.21. The van der Waals surface area contributed by atoms with Crippen LogP contribution in [0.5, 0.6) is 0 Å². The molecule has 2 aromatic heterocycles. The normalized spacial score (nSPS) is 27.0. The molecule has 43 heavy (non-hydrogen) atoms. The molecular formula is C30H25Cl2F3N2O5S. The summed E-state index contributed by atoms with van der Waals surface area (Å²) in [5, 5.41) is 26.4. The average Bonchev–Trinajstić information content (AvgIpc) is 3.53. The Kier molecular flexibility index (Phi) is 7.05. The molecule has 2 bridgehead atoms. The van der Waals surface area contributed by atoms with Crippen LogP contribution in [0.4, 0.5) is 13.2 Å². The molecular weight excluding hydrogens is 628 g/mol. The van der Waals surface area contributed by atoms with Crippen LogP contribution in [0.3, 0.4) is 0 Å². The number of carboxylic acid groups (broad SMARTS) is 1. The highest BCUT2D eigenvalue weighted by Gasteiger charge is 2.63. The predicted octanol–water partition coefficient (Wildman–Crippen LogP) is 8.20. The molecule has 226 valence electrons. The van der Waals surface area contributed by atoms with E-state index < -0.39 is 41.2 Å². The quantitative estimate of drug-likeness (QED) is 0.198. The molecule has 7 nitrogen and oxygen atoms in total. The topological polar surface area (TPSA) is 106 Å². The first-order valence-electron chi connectivity index (χ1n) is 13.9. The number of carbonyl (C=O) groups is 1. The zero-order chi connectivity index (χ0) is 30.3. The van der Waals surface area contributed by atoms with Crippen LogP contribution >= 0.6 is 34.5 Å². The van der Waals surface area contributed by atoms with E-state index in [4.69, 9.17) is 32.5 Å². The Bertz CT molecular complexity index is 1720. The van der Waals surface area contributed by atoms with Gasteiger partial charge in [-0.2, -0.15) is 0 Å². The number of hydrogen-bond acceptors (Lipinski definition) is 7. The molecule has 2 aromatic carbocycles. The number of rotatable bonds is 8. The van der Waals surface area contributed by atoms with Gasteiger partial charge in [0.1, 0.15) is 33.2 Å². The van der Waals surface area contributed by atoms with Crippen LogP contribution in [0.25, 0.3) is 21.5 Å². The molecule has 0 spiro atoms. The van der Waals surface area contributed by atoms with Crippen LogP contribution < -0.4 is 0 Å². The minimum absolute atomic E-state index is 0.0504. The average molecular weight is 654 g/mol. The molecule has 0 radical (unpaired) electrons. The van der Waals surface area contributed by atoms with Crippen molar-refractivity contribution >= 4 is 50.7 Å². The van der Waals surface area contributed by atoms with Crippen LogP contribution in [0.1, 0.15) is 71.1 Å². The van der Waals surface area contributed by atoms with E-state index >= 15 is 0 Å². The van der Waals surface area contributed by atoms with Crippen LogP contribution in [0.2, 0.25) is 10.0 Å². The van der Waals surface area contributed by atoms with Gasteiger partial charge in [0.25, 0.3) is 6.43 Å². The monoisotopic (exact) mass is 652 g/mol. The SMILES string of the molecule is O=C(O)c1cc(F)c2nc([C@]3(O)[C@@H]4CC[C@H]3CC(OCc3c(-c5c(Cl)cccc5Cl)noc3C3CC3)(C(F)F)C4)sc2c1. The molecule has 3 aliphatic carbocycles. The van der Waals surface area contributed by atoms with Crippen molar-refractivity contribution < 1.29 is 37.4 Å². The van der Waals surface area contributed by atoms with Gasteiger partial charge in [0.15, 0.2) is 5.82 Å². The number of aliphatic hydroxyl groups is 1. The number of aromatic carboxylic acids is 1. The zero-order valence-corrected chi connectivity index (χ0v) is 24.8. The number of benzene rings is 2. The summed E-state index contributed by atoms with van der Waals surface area (Å²) in [6.45, 7) is -0.210. The molecule has 4 atom stereocenters. The summed E-state index contributed by atoms with van der Waals surface area (Å²) in [6.07, 6.45) is -0.483. The lowest BCUT2D eigenvalue weighted by Gasteiger charge is -2.47. The minimum Gasteiger partial charge on any atom is -0.478 e. The Labute approximate surface area is 257 Å². The number of aromatic nitrogens is 2. The highest BCUT2D eigenvalue weighted by atomic mass is 35.5. The minimum atomic E-state index is -2.86. The van der Waals surface area contributed by atoms with E-state index in [1.807, 2.05) is 0 Å². The Hall–Kier alpha value is -2.70. The molecule has 0 aliphatic heterocycles. The number of nitrogens with zero attached hydrogens (tertiary/aromatic N) is 2. The second-order valence-electron chi connectivity index (χ2n) is 11.7. The lowest BCUT2D eigenvalue weighted by molar-refractivity contribution is -0.215. The molecule has 3 fully saturated rings. The summed E-state index contributed by atoms with van der Waals surface area (Å²) >= 11 is 13.9. The lowest BCUT2D eigenvalue weighted by Crippen LogP contribution is -2.54. The zero-order valence-electron chi connectivity index (χ0n) is 22.5. The number of thiazole rings is 1. The van der Waals surface area contributed by atoms with Gasteiger partial charge in [0, 0.05) is 17.0 Å². The van der Waals surface area contributed by atoms with Gasteiger partial charge in [-0.25, -0.2) is 22.9 Å². The van der Waals surface area contributed by atoms with Crippen LogP contribution in [0, 0.1) is 17.7 Å². The van der Waals surface area contributed by atoms with Crippen LogP contribution in [-0.4, -0.2) is 38.3 Å². The van der Waals surface area contributed by atoms with Crippen molar-refractivity contribution in [3.63, 3.8) is 0 Å². The molecule has 3 saturated carbocycles. The van der Waals surface area contributed by atoms with E-state index in [0.29, 0.717) is 45.5 Å². The van der Waals surface area contributed by atoms with Crippen LogP contribution in [-0.2, 0) is 16.9 Å². The maximum Gasteiger partial charge on any atom is 0.335 e. The Balaban J connectivity index is 1.21. The first-order chi connectivity index (χ1) is 20.5. The molecule has 2 heterocycles. The van der Waals surface area contributed by atoms with E-state index in [1.54, 1.807) is 18.2 Å². The van der Waals surface area contributed by atoms with E-state index in [0.717, 1.165) is 30.2 Å².